The molecule has 1 fully saturated rings. The van der Waals surface area contributed by atoms with Gasteiger partial charge in [0, 0.05) is 25.0 Å². The maximum absolute atomic E-state index is 13.0. The number of likely N-dealkylation sites (tertiary alicyclic amines) is 1. The Balaban J connectivity index is 1.62. The zero-order valence-electron chi connectivity index (χ0n) is 16.5. The summed E-state index contributed by atoms with van der Waals surface area (Å²) in [4.78, 5) is 19.7. The third-order valence-corrected chi connectivity index (χ3v) is 5.69. The summed E-state index contributed by atoms with van der Waals surface area (Å²) in [5.74, 6) is 0.733. The van der Waals surface area contributed by atoms with Crippen LogP contribution in [-0.2, 0) is 11.2 Å². The Labute approximate surface area is 163 Å². The number of hydrogen-bond donors (Lipinski definition) is 1. The number of nitrogens with zero attached hydrogens (tertiary/aromatic N) is 2. The highest BCUT2D eigenvalue weighted by atomic mass is 16.1. The lowest BCUT2D eigenvalue weighted by Gasteiger charge is -2.35. The van der Waals surface area contributed by atoms with Gasteiger partial charge in [0.15, 0.2) is 0 Å². The number of benzene rings is 1. The Morgan fingerprint density at radius 1 is 1.19 bits per heavy atom. The average molecular weight is 366 g/mol. The minimum atomic E-state index is -0.191. The van der Waals surface area contributed by atoms with Crippen LogP contribution in [-0.4, -0.2) is 41.5 Å². The highest BCUT2D eigenvalue weighted by Gasteiger charge is 2.24. The van der Waals surface area contributed by atoms with Crippen molar-refractivity contribution in [1.29, 1.82) is 0 Å². The lowest BCUT2D eigenvalue weighted by atomic mass is 9.91. The fourth-order valence-electron chi connectivity index (χ4n) is 3.77. The van der Waals surface area contributed by atoms with Gasteiger partial charge in [-0.05, 0) is 62.4 Å². The molecule has 0 bridgehead atoms. The molecule has 3 rings (SSSR count). The summed E-state index contributed by atoms with van der Waals surface area (Å²) in [5, 5.41) is 3.21. The molecular formula is C23H31N3O. The summed E-state index contributed by atoms with van der Waals surface area (Å²) < 4.78 is 0. The molecule has 1 aliphatic heterocycles. The summed E-state index contributed by atoms with van der Waals surface area (Å²) in [5.41, 5.74) is 2.14. The van der Waals surface area contributed by atoms with Gasteiger partial charge in [-0.3, -0.25) is 14.7 Å². The number of piperidine rings is 1. The Morgan fingerprint density at radius 3 is 2.59 bits per heavy atom. The smallest absolute Gasteiger partial charge is 0.227 e. The first kappa shape index (κ1) is 19.6. The van der Waals surface area contributed by atoms with Crippen LogP contribution in [0.1, 0.15) is 43.7 Å². The second-order valence-electron chi connectivity index (χ2n) is 7.84. The second-order valence-corrected chi connectivity index (χ2v) is 7.84. The SMILES string of the molecule is CC1CCN(C(C)CNC(=O)C(Cc2cccnc2)c2ccccc2)CC1. The van der Waals surface area contributed by atoms with E-state index in [1.54, 1.807) is 6.20 Å². The number of carbonyl (C=O) groups excluding carboxylic acids is 1. The van der Waals surface area contributed by atoms with Gasteiger partial charge >= 0.3 is 0 Å². The van der Waals surface area contributed by atoms with Crippen LogP contribution in [0.5, 0.6) is 0 Å². The van der Waals surface area contributed by atoms with E-state index >= 15 is 0 Å². The van der Waals surface area contributed by atoms with Crippen LogP contribution in [0, 0.1) is 5.92 Å². The maximum Gasteiger partial charge on any atom is 0.227 e. The van der Waals surface area contributed by atoms with Gasteiger partial charge in [-0.25, -0.2) is 0 Å². The number of nitrogens with one attached hydrogen (secondary N) is 1. The Morgan fingerprint density at radius 2 is 1.93 bits per heavy atom. The van der Waals surface area contributed by atoms with Crippen LogP contribution < -0.4 is 5.32 Å². The first-order valence-corrected chi connectivity index (χ1v) is 10.1. The number of pyridine rings is 1. The molecule has 0 radical (unpaired) electrons. The largest absolute Gasteiger partial charge is 0.354 e. The van der Waals surface area contributed by atoms with E-state index in [9.17, 15) is 4.79 Å². The summed E-state index contributed by atoms with van der Waals surface area (Å²) in [6.45, 7) is 7.51. The normalized spacial score (nSPS) is 18.0. The number of hydrogen-bond acceptors (Lipinski definition) is 3. The molecule has 1 amide bonds. The molecule has 1 aromatic heterocycles. The Bertz CT molecular complexity index is 696. The van der Waals surface area contributed by atoms with E-state index < -0.39 is 0 Å². The van der Waals surface area contributed by atoms with Crippen molar-refractivity contribution in [2.24, 2.45) is 5.92 Å². The zero-order valence-corrected chi connectivity index (χ0v) is 16.5. The molecule has 2 unspecified atom stereocenters. The number of carbonyl (C=O) groups is 1. The third kappa shape index (κ3) is 5.64. The van der Waals surface area contributed by atoms with Gasteiger partial charge in [0.1, 0.15) is 0 Å². The summed E-state index contributed by atoms with van der Waals surface area (Å²) in [6, 6.07) is 14.4. The van der Waals surface area contributed by atoms with Crippen molar-refractivity contribution in [3.8, 4) is 0 Å². The van der Waals surface area contributed by atoms with Gasteiger partial charge in [-0.2, -0.15) is 0 Å². The van der Waals surface area contributed by atoms with Crippen molar-refractivity contribution in [2.45, 2.75) is 45.1 Å². The zero-order chi connectivity index (χ0) is 19.1. The fourth-order valence-corrected chi connectivity index (χ4v) is 3.77. The average Bonchev–Trinajstić information content (AvgIpc) is 2.72. The standard InChI is InChI=1S/C23H31N3O/c1-18-10-13-26(14-11-18)19(2)16-25-23(27)22(21-8-4-3-5-9-21)15-20-7-6-12-24-17-20/h3-9,12,17-19,22H,10-11,13-16H2,1-2H3,(H,25,27). The fraction of sp³-hybridized carbons (Fsp3) is 0.478. The van der Waals surface area contributed by atoms with Gasteiger partial charge in [0.2, 0.25) is 5.91 Å². The Hall–Kier alpha value is -2.20. The highest BCUT2D eigenvalue weighted by Crippen LogP contribution is 2.21. The molecule has 144 valence electrons. The molecule has 1 aromatic carbocycles. The minimum Gasteiger partial charge on any atom is -0.354 e. The lowest BCUT2D eigenvalue weighted by Crippen LogP contribution is -2.46. The predicted molar refractivity (Wildman–Crippen MR) is 110 cm³/mol. The van der Waals surface area contributed by atoms with E-state index in [1.807, 2.05) is 48.7 Å². The van der Waals surface area contributed by atoms with E-state index in [4.69, 9.17) is 0 Å². The molecule has 1 saturated heterocycles. The second kappa shape index (κ2) is 9.65. The highest BCUT2D eigenvalue weighted by molar-refractivity contribution is 5.84. The van der Waals surface area contributed by atoms with Crippen molar-refractivity contribution in [1.82, 2.24) is 15.2 Å². The molecular weight excluding hydrogens is 334 g/mol. The number of aromatic nitrogens is 1. The van der Waals surface area contributed by atoms with Crippen LogP contribution in [0.15, 0.2) is 54.9 Å². The minimum absolute atomic E-state index is 0.0993. The first-order valence-electron chi connectivity index (χ1n) is 10.1. The van der Waals surface area contributed by atoms with Gasteiger partial charge in [-0.1, -0.05) is 43.3 Å². The predicted octanol–water partition coefficient (Wildman–Crippen LogP) is 3.64. The van der Waals surface area contributed by atoms with Gasteiger partial charge < -0.3 is 5.32 Å². The molecule has 27 heavy (non-hydrogen) atoms. The van der Waals surface area contributed by atoms with Gasteiger partial charge in [0.25, 0.3) is 0 Å². The van der Waals surface area contributed by atoms with Gasteiger partial charge in [0.05, 0.1) is 5.92 Å². The molecule has 0 saturated carbocycles. The van der Waals surface area contributed by atoms with Crippen molar-refractivity contribution in [2.75, 3.05) is 19.6 Å². The topological polar surface area (TPSA) is 45.2 Å². The molecule has 4 heteroatoms. The molecule has 2 atom stereocenters. The number of amides is 1. The van der Waals surface area contributed by atoms with E-state index in [-0.39, 0.29) is 11.8 Å². The van der Waals surface area contributed by atoms with E-state index in [0.717, 1.165) is 30.1 Å². The van der Waals surface area contributed by atoms with Crippen molar-refractivity contribution in [3.63, 3.8) is 0 Å². The molecule has 2 aromatic rings. The Kier molecular flexibility index (Phi) is 6.99. The quantitative estimate of drug-likeness (QED) is 0.815. The molecule has 4 nitrogen and oxygen atoms in total. The molecule has 2 heterocycles. The van der Waals surface area contributed by atoms with E-state index in [1.165, 1.54) is 12.8 Å². The van der Waals surface area contributed by atoms with Crippen LogP contribution in [0.3, 0.4) is 0 Å². The molecule has 0 spiro atoms. The summed E-state index contributed by atoms with van der Waals surface area (Å²) in [6.07, 6.45) is 6.79. The summed E-state index contributed by atoms with van der Waals surface area (Å²) >= 11 is 0. The van der Waals surface area contributed by atoms with Gasteiger partial charge in [-0.15, -0.1) is 0 Å². The molecule has 1 aliphatic rings. The lowest BCUT2D eigenvalue weighted by molar-refractivity contribution is -0.122. The summed E-state index contributed by atoms with van der Waals surface area (Å²) in [7, 11) is 0. The first-order chi connectivity index (χ1) is 13.1. The van der Waals surface area contributed by atoms with Crippen molar-refractivity contribution in [3.05, 3.63) is 66.0 Å². The van der Waals surface area contributed by atoms with Crippen LogP contribution in [0.25, 0.3) is 0 Å². The molecule has 1 N–H and O–H groups in total. The van der Waals surface area contributed by atoms with E-state index in [2.05, 4.69) is 29.0 Å². The molecule has 0 aliphatic carbocycles. The maximum atomic E-state index is 13.0. The monoisotopic (exact) mass is 365 g/mol. The van der Waals surface area contributed by atoms with Crippen molar-refractivity contribution >= 4 is 5.91 Å². The third-order valence-electron chi connectivity index (χ3n) is 5.69. The number of rotatable bonds is 7. The van der Waals surface area contributed by atoms with Crippen LogP contribution in [0.4, 0.5) is 0 Å². The van der Waals surface area contributed by atoms with E-state index in [0.29, 0.717) is 19.0 Å². The van der Waals surface area contributed by atoms with Crippen molar-refractivity contribution < 1.29 is 4.79 Å². The van der Waals surface area contributed by atoms with Crippen LogP contribution in [0.2, 0.25) is 0 Å². The van der Waals surface area contributed by atoms with Crippen LogP contribution >= 0.6 is 0 Å².